The monoisotopic (exact) mass is 696 g/mol. The van der Waals surface area contributed by atoms with Crippen LogP contribution in [-0.2, 0) is 11.3 Å². The lowest BCUT2D eigenvalue weighted by molar-refractivity contribution is -0.0177. The number of carbonyl (C=O) groups is 2. The summed E-state index contributed by atoms with van der Waals surface area (Å²) in [5.74, 6) is 0.923. The number of fused-ring (bicyclic) bond motifs is 2. The van der Waals surface area contributed by atoms with Crippen LogP contribution in [-0.4, -0.2) is 85.6 Å². The highest BCUT2D eigenvalue weighted by Gasteiger charge is 2.30. The molecule has 0 unspecified atom stereocenters. The van der Waals surface area contributed by atoms with Gasteiger partial charge in [0.05, 0.1) is 43.2 Å². The molecule has 3 N–H and O–H groups in total. The number of hydrogen-bond acceptors (Lipinski definition) is 7. The molecule has 3 amide bonds. The maximum Gasteiger partial charge on any atom is 0.323 e. The molecule has 0 aromatic heterocycles. The lowest BCUT2D eigenvalue weighted by Crippen LogP contribution is -2.47. The van der Waals surface area contributed by atoms with Gasteiger partial charge in [0, 0.05) is 43.2 Å². The maximum absolute atomic E-state index is 14.5. The number of benzene rings is 4. The second kappa shape index (κ2) is 18.0. The Balaban J connectivity index is 1.37. The molecule has 10 heteroatoms. The first-order valence-electron chi connectivity index (χ1n) is 17.9. The number of urea groups is 1. The molecule has 5 rings (SSSR count). The summed E-state index contributed by atoms with van der Waals surface area (Å²) >= 11 is 0. The summed E-state index contributed by atoms with van der Waals surface area (Å²) in [5.41, 5.74) is 2.62. The van der Waals surface area contributed by atoms with E-state index in [0.29, 0.717) is 42.4 Å². The zero-order valence-corrected chi connectivity index (χ0v) is 30.4. The highest BCUT2D eigenvalue weighted by atomic mass is 16.5. The van der Waals surface area contributed by atoms with Gasteiger partial charge in [-0.1, -0.05) is 55.5 Å². The second-order valence-corrected chi connectivity index (χ2v) is 13.7. The highest BCUT2D eigenvalue weighted by Crippen LogP contribution is 2.29. The zero-order chi connectivity index (χ0) is 36.3. The van der Waals surface area contributed by atoms with Crippen molar-refractivity contribution < 1.29 is 28.9 Å². The van der Waals surface area contributed by atoms with Crippen LogP contribution in [0.3, 0.4) is 0 Å². The minimum Gasteiger partial charge on any atom is -0.497 e. The summed E-state index contributed by atoms with van der Waals surface area (Å²) in [4.78, 5) is 31.7. The molecule has 4 aromatic rings. The van der Waals surface area contributed by atoms with Crippen LogP contribution in [0.4, 0.5) is 16.2 Å². The lowest BCUT2D eigenvalue weighted by Gasteiger charge is -2.36. The Hall–Kier alpha value is -4.64. The number of carbonyl (C=O) groups excluding carboxylic acids is 2. The van der Waals surface area contributed by atoms with E-state index >= 15 is 0 Å². The van der Waals surface area contributed by atoms with Crippen LogP contribution in [0.2, 0.25) is 0 Å². The number of nitrogens with one attached hydrogen (secondary N) is 2. The predicted molar refractivity (Wildman–Crippen MR) is 203 cm³/mol. The molecule has 4 atom stereocenters. The van der Waals surface area contributed by atoms with Crippen molar-refractivity contribution >= 4 is 34.1 Å². The number of hydrogen-bond donors (Lipinski definition) is 3. The van der Waals surface area contributed by atoms with E-state index in [2.05, 4.69) is 41.6 Å². The largest absolute Gasteiger partial charge is 0.497 e. The SMILES string of the molecule is COc1ccc(CN(C)C[C@H]2OCCCC[C@H](C)Oc3ccc(NC(=O)Nc4cccc5ccccc45)cc3C(=O)N([C@H](C)CO)C[C@H]2C)cc1. The molecule has 0 aliphatic carbocycles. The Morgan fingerprint density at radius 3 is 2.55 bits per heavy atom. The van der Waals surface area contributed by atoms with Gasteiger partial charge < -0.3 is 34.9 Å². The van der Waals surface area contributed by atoms with Crippen molar-refractivity contribution in [3.63, 3.8) is 0 Å². The molecule has 10 nitrogen and oxygen atoms in total. The van der Waals surface area contributed by atoms with Crippen molar-refractivity contribution in [1.82, 2.24) is 9.80 Å². The second-order valence-electron chi connectivity index (χ2n) is 13.7. The molecule has 0 bridgehead atoms. The first-order chi connectivity index (χ1) is 24.6. The molecule has 1 aliphatic heterocycles. The fourth-order valence-electron chi connectivity index (χ4n) is 6.50. The van der Waals surface area contributed by atoms with Crippen LogP contribution in [0.1, 0.15) is 56.0 Å². The third kappa shape index (κ3) is 10.2. The number of rotatable bonds is 9. The van der Waals surface area contributed by atoms with Crippen molar-refractivity contribution in [3.8, 4) is 11.5 Å². The van der Waals surface area contributed by atoms with E-state index in [9.17, 15) is 14.7 Å². The van der Waals surface area contributed by atoms with E-state index in [-0.39, 0.29) is 30.6 Å². The van der Waals surface area contributed by atoms with E-state index < -0.39 is 12.1 Å². The Bertz CT molecular complexity index is 1740. The van der Waals surface area contributed by atoms with E-state index in [1.807, 2.05) is 68.4 Å². The molecule has 0 saturated carbocycles. The zero-order valence-electron chi connectivity index (χ0n) is 30.4. The average molecular weight is 697 g/mol. The summed E-state index contributed by atoms with van der Waals surface area (Å²) < 4.78 is 18.2. The van der Waals surface area contributed by atoms with E-state index in [1.54, 1.807) is 30.2 Å². The van der Waals surface area contributed by atoms with Gasteiger partial charge in [-0.3, -0.25) is 9.69 Å². The van der Waals surface area contributed by atoms with Gasteiger partial charge in [0.2, 0.25) is 0 Å². The molecular formula is C41H52N4O6. The van der Waals surface area contributed by atoms with Crippen LogP contribution < -0.4 is 20.1 Å². The average Bonchev–Trinajstić information content (AvgIpc) is 3.13. The van der Waals surface area contributed by atoms with Crippen molar-refractivity contribution in [2.75, 3.05) is 51.1 Å². The standard InChI is InChI=1S/C41H52N4O6/c1-28-24-45(29(2)27-46)40(47)36-23-33(42-41(48)43-37-15-10-13-32-12-6-7-14-35(32)37)18-21-38(36)51-30(3)11-8-9-22-50-39(28)26-44(4)25-31-16-19-34(49-5)20-17-31/h6-7,10,12-21,23,28-30,39,46H,8-9,11,22,24-27H2,1-5H3,(H2,42,43,48)/t28-,29-,30+,39-/m1/s1. The highest BCUT2D eigenvalue weighted by molar-refractivity contribution is 6.07. The maximum atomic E-state index is 14.5. The molecule has 272 valence electrons. The van der Waals surface area contributed by atoms with Crippen molar-refractivity contribution in [2.24, 2.45) is 5.92 Å². The van der Waals surface area contributed by atoms with Crippen LogP contribution in [0.5, 0.6) is 11.5 Å². The molecule has 0 fully saturated rings. The summed E-state index contributed by atoms with van der Waals surface area (Å²) in [5, 5.41) is 18.1. The van der Waals surface area contributed by atoms with Crippen molar-refractivity contribution in [2.45, 2.75) is 64.8 Å². The van der Waals surface area contributed by atoms with Crippen LogP contribution in [0, 0.1) is 5.92 Å². The lowest BCUT2D eigenvalue weighted by atomic mass is 10.0. The number of aliphatic hydroxyl groups is 1. The van der Waals surface area contributed by atoms with Crippen molar-refractivity contribution in [1.29, 1.82) is 0 Å². The molecule has 0 radical (unpaired) electrons. The number of ether oxygens (including phenoxy) is 3. The third-order valence-corrected chi connectivity index (χ3v) is 9.45. The predicted octanol–water partition coefficient (Wildman–Crippen LogP) is 7.42. The minimum atomic E-state index is -0.470. The Labute approximate surface area is 301 Å². The minimum absolute atomic E-state index is 0.0553. The van der Waals surface area contributed by atoms with Gasteiger partial charge in [-0.2, -0.15) is 0 Å². The van der Waals surface area contributed by atoms with Crippen LogP contribution in [0.15, 0.2) is 84.9 Å². The number of amides is 3. The molecule has 0 spiro atoms. The van der Waals surface area contributed by atoms with Crippen molar-refractivity contribution in [3.05, 3.63) is 96.1 Å². The first-order valence-corrected chi connectivity index (χ1v) is 17.9. The molecule has 1 heterocycles. The number of anilines is 2. The van der Waals surface area contributed by atoms with E-state index in [1.165, 1.54) is 5.56 Å². The summed E-state index contributed by atoms with van der Waals surface area (Å²) in [6.45, 7) is 8.08. The smallest absolute Gasteiger partial charge is 0.323 e. The van der Waals surface area contributed by atoms with Gasteiger partial charge >= 0.3 is 6.03 Å². The summed E-state index contributed by atoms with van der Waals surface area (Å²) in [6.07, 6.45) is 2.28. The van der Waals surface area contributed by atoms with E-state index in [0.717, 1.165) is 42.3 Å². The van der Waals surface area contributed by atoms with E-state index in [4.69, 9.17) is 14.2 Å². The summed E-state index contributed by atoms with van der Waals surface area (Å²) in [7, 11) is 3.74. The number of nitrogens with zero attached hydrogens (tertiary/aromatic N) is 2. The molecule has 0 saturated heterocycles. The Kier molecular flexibility index (Phi) is 13.3. The van der Waals surface area contributed by atoms with Gasteiger partial charge in [-0.15, -0.1) is 0 Å². The first kappa shape index (κ1) is 37.6. The summed E-state index contributed by atoms with van der Waals surface area (Å²) in [6, 6.07) is 25.9. The molecular weight excluding hydrogens is 644 g/mol. The molecule has 4 aromatic carbocycles. The quantitative estimate of drug-likeness (QED) is 0.167. The van der Waals surface area contributed by atoms with Gasteiger partial charge in [-0.05, 0) is 87.5 Å². The Morgan fingerprint density at radius 2 is 1.78 bits per heavy atom. The molecule has 51 heavy (non-hydrogen) atoms. The number of aliphatic hydroxyl groups excluding tert-OH is 1. The third-order valence-electron chi connectivity index (χ3n) is 9.45. The normalized spacial score (nSPS) is 19.5. The molecule has 1 aliphatic rings. The van der Waals surface area contributed by atoms with Crippen LogP contribution in [0.25, 0.3) is 10.8 Å². The Morgan fingerprint density at radius 1 is 1.02 bits per heavy atom. The van der Waals surface area contributed by atoms with Crippen LogP contribution >= 0.6 is 0 Å². The number of likely N-dealkylation sites (N-methyl/N-ethyl adjacent to an activating group) is 1. The van der Waals surface area contributed by atoms with Gasteiger partial charge in [0.1, 0.15) is 11.5 Å². The topological polar surface area (TPSA) is 113 Å². The number of methoxy groups -OCH3 is 1. The van der Waals surface area contributed by atoms with Gasteiger partial charge in [0.25, 0.3) is 5.91 Å². The van der Waals surface area contributed by atoms with Gasteiger partial charge in [-0.25, -0.2) is 4.79 Å². The fourth-order valence-corrected chi connectivity index (χ4v) is 6.50. The fraction of sp³-hybridized carbons (Fsp3) is 0.415. The van der Waals surface area contributed by atoms with Gasteiger partial charge in [0.15, 0.2) is 0 Å².